The lowest BCUT2D eigenvalue weighted by Crippen LogP contribution is -2.00. The van der Waals surface area contributed by atoms with E-state index < -0.39 is 6.10 Å². The van der Waals surface area contributed by atoms with Gasteiger partial charge in [0.15, 0.2) is 0 Å². The number of ether oxygens (including phenoxy) is 1. The highest BCUT2D eigenvalue weighted by Crippen LogP contribution is 2.32. The number of methoxy groups -OCH3 is 1. The fourth-order valence-corrected chi connectivity index (χ4v) is 2.45. The van der Waals surface area contributed by atoms with Crippen molar-refractivity contribution in [2.75, 3.05) is 7.11 Å². The van der Waals surface area contributed by atoms with E-state index in [1.165, 1.54) is 0 Å². The van der Waals surface area contributed by atoms with Crippen LogP contribution in [0.4, 0.5) is 0 Å². The van der Waals surface area contributed by atoms with Crippen molar-refractivity contribution in [3.8, 4) is 5.75 Å². The summed E-state index contributed by atoms with van der Waals surface area (Å²) in [6.07, 6.45) is -0.644. The van der Waals surface area contributed by atoms with Crippen LogP contribution in [0.2, 0.25) is 0 Å². The van der Waals surface area contributed by atoms with Gasteiger partial charge in [-0.1, -0.05) is 54.6 Å². The van der Waals surface area contributed by atoms with Crippen LogP contribution in [0.5, 0.6) is 5.75 Å². The molecule has 20 heavy (non-hydrogen) atoms. The lowest BCUT2D eigenvalue weighted by Gasteiger charge is -2.14. The van der Waals surface area contributed by atoms with E-state index in [0.29, 0.717) is 0 Å². The van der Waals surface area contributed by atoms with Crippen LogP contribution in [0.1, 0.15) is 17.2 Å². The fraction of sp³-hybridized carbons (Fsp3) is 0.111. The Balaban J connectivity index is 2.12. The minimum Gasteiger partial charge on any atom is -0.496 e. The summed E-state index contributed by atoms with van der Waals surface area (Å²) < 4.78 is 5.44. The molecule has 100 valence electrons. The third-order valence-electron chi connectivity index (χ3n) is 3.50. The Hall–Kier alpha value is -2.32. The fourth-order valence-electron chi connectivity index (χ4n) is 2.45. The van der Waals surface area contributed by atoms with Crippen LogP contribution in [0, 0.1) is 0 Å². The minimum atomic E-state index is -0.644. The van der Waals surface area contributed by atoms with Crippen molar-refractivity contribution in [1.82, 2.24) is 0 Å². The van der Waals surface area contributed by atoms with E-state index in [9.17, 15) is 5.11 Å². The van der Waals surface area contributed by atoms with Gasteiger partial charge in [-0.25, -0.2) is 0 Å². The molecule has 3 aromatic rings. The second kappa shape index (κ2) is 5.35. The number of hydrogen-bond donors (Lipinski definition) is 1. The van der Waals surface area contributed by atoms with E-state index in [4.69, 9.17) is 4.74 Å². The quantitative estimate of drug-likeness (QED) is 0.776. The second-order valence-electron chi connectivity index (χ2n) is 4.76. The molecule has 3 rings (SSSR count). The van der Waals surface area contributed by atoms with Gasteiger partial charge in [0.1, 0.15) is 11.9 Å². The van der Waals surface area contributed by atoms with Gasteiger partial charge in [-0.3, -0.25) is 0 Å². The number of benzene rings is 3. The van der Waals surface area contributed by atoms with Crippen LogP contribution in [0.15, 0.2) is 66.7 Å². The van der Waals surface area contributed by atoms with Crippen molar-refractivity contribution in [3.05, 3.63) is 77.9 Å². The van der Waals surface area contributed by atoms with Gasteiger partial charge >= 0.3 is 0 Å². The zero-order chi connectivity index (χ0) is 13.9. The van der Waals surface area contributed by atoms with Crippen molar-refractivity contribution in [2.45, 2.75) is 6.10 Å². The summed E-state index contributed by atoms with van der Waals surface area (Å²) in [5.41, 5.74) is 1.72. The summed E-state index contributed by atoms with van der Waals surface area (Å²) in [6.45, 7) is 0. The topological polar surface area (TPSA) is 29.5 Å². The van der Waals surface area contributed by atoms with Crippen LogP contribution in [0.25, 0.3) is 10.8 Å². The standard InChI is InChI=1S/C18H16O2/c1-20-17-12-15(11-14-9-5-6-10-16(14)17)18(19)13-7-3-2-4-8-13/h2-12,18-19H,1H3/t18-/m1/s1. The molecule has 2 nitrogen and oxygen atoms in total. The first-order chi connectivity index (χ1) is 9.79. The molecule has 1 atom stereocenters. The summed E-state index contributed by atoms with van der Waals surface area (Å²) in [5, 5.41) is 12.6. The normalized spacial score (nSPS) is 12.3. The number of fused-ring (bicyclic) bond motifs is 1. The summed E-state index contributed by atoms with van der Waals surface area (Å²) in [7, 11) is 1.65. The lowest BCUT2D eigenvalue weighted by molar-refractivity contribution is 0.220. The van der Waals surface area contributed by atoms with Crippen LogP contribution >= 0.6 is 0 Å². The predicted octanol–water partition coefficient (Wildman–Crippen LogP) is 3.93. The Morgan fingerprint density at radius 2 is 1.55 bits per heavy atom. The molecule has 0 aliphatic heterocycles. The zero-order valence-electron chi connectivity index (χ0n) is 11.3. The van der Waals surface area contributed by atoms with Crippen molar-refractivity contribution >= 4 is 10.8 Å². The Kier molecular flexibility index (Phi) is 3.40. The molecule has 0 fully saturated rings. The Bertz CT molecular complexity index is 720. The van der Waals surface area contributed by atoms with Crippen molar-refractivity contribution in [2.24, 2.45) is 0 Å². The molecule has 0 unspecified atom stereocenters. The molecule has 0 aliphatic rings. The van der Waals surface area contributed by atoms with E-state index in [0.717, 1.165) is 27.6 Å². The number of hydrogen-bond acceptors (Lipinski definition) is 2. The molecule has 0 spiro atoms. The van der Waals surface area contributed by atoms with Gasteiger partial charge in [-0.2, -0.15) is 0 Å². The Labute approximate surface area is 118 Å². The summed E-state index contributed by atoms with van der Waals surface area (Å²) in [4.78, 5) is 0. The maximum Gasteiger partial charge on any atom is 0.127 e. The third kappa shape index (κ3) is 2.26. The Morgan fingerprint density at radius 1 is 0.850 bits per heavy atom. The highest BCUT2D eigenvalue weighted by atomic mass is 16.5. The molecule has 3 aromatic carbocycles. The first-order valence-corrected chi connectivity index (χ1v) is 6.59. The number of aliphatic hydroxyl groups excluding tert-OH is 1. The summed E-state index contributed by atoms with van der Waals surface area (Å²) in [6, 6.07) is 21.6. The average Bonchev–Trinajstić information content (AvgIpc) is 2.54. The molecule has 0 radical (unpaired) electrons. The molecule has 0 saturated carbocycles. The first-order valence-electron chi connectivity index (χ1n) is 6.59. The van der Waals surface area contributed by atoms with Crippen LogP contribution in [0.3, 0.4) is 0 Å². The van der Waals surface area contributed by atoms with Crippen LogP contribution in [-0.4, -0.2) is 12.2 Å². The lowest BCUT2D eigenvalue weighted by atomic mass is 9.98. The molecule has 0 aromatic heterocycles. The number of rotatable bonds is 3. The predicted molar refractivity (Wildman–Crippen MR) is 81.0 cm³/mol. The van der Waals surface area contributed by atoms with Gasteiger partial charge in [0.2, 0.25) is 0 Å². The van der Waals surface area contributed by atoms with E-state index in [1.54, 1.807) is 7.11 Å². The number of aliphatic hydroxyl groups is 1. The maximum atomic E-state index is 10.5. The van der Waals surface area contributed by atoms with Crippen LogP contribution in [-0.2, 0) is 0 Å². The van der Waals surface area contributed by atoms with Gasteiger partial charge in [0.25, 0.3) is 0 Å². The van der Waals surface area contributed by atoms with Gasteiger partial charge in [0, 0.05) is 5.39 Å². The van der Waals surface area contributed by atoms with E-state index in [1.807, 2.05) is 66.7 Å². The highest BCUT2D eigenvalue weighted by molar-refractivity contribution is 5.89. The van der Waals surface area contributed by atoms with Gasteiger partial charge in [-0.15, -0.1) is 0 Å². The molecule has 0 heterocycles. The molecular formula is C18H16O2. The highest BCUT2D eigenvalue weighted by Gasteiger charge is 2.13. The van der Waals surface area contributed by atoms with Crippen molar-refractivity contribution in [3.63, 3.8) is 0 Å². The van der Waals surface area contributed by atoms with Crippen molar-refractivity contribution in [1.29, 1.82) is 0 Å². The van der Waals surface area contributed by atoms with Gasteiger partial charge in [-0.05, 0) is 28.6 Å². The SMILES string of the molecule is COc1cc([C@H](O)c2ccccc2)cc2ccccc12. The zero-order valence-corrected chi connectivity index (χ0v) is 11.3. The minimum absolute atomic E-state index is 0.644. The van der Waals surface area contributed by atoms with E-state index in [2.05, 4.69) is 0 Å². The van der Waals surface area contributed by atoms with Gasteiger partial charge in [0.05, 0.1) is 7.11 Å². The van der Waals surface area contributed by atoms with Crippen molar-refractivity contribution < 1.29 is 9.84 Å². The molecule has 0 bridgehead atoms. The van der Waals surface area contributed by atoms with E-state index in [-0.39, 0.29) is 0 Å². The smallest absolute Gasteiger partial charge is 0.127 e. The second-order valence-corrected chi connectivity index (χ2v) is 4.76. The molecule has 0 amide bonds. The summed E-state index contributed by atoms with van der Waals surface area (Å²) in [5.74, 6) is 0.785. The third-order valence-corrected chi connectivity index (χ3v) is 3.50. The Morgan fingerprint density at radius 3 is 2.30 bits per heavy atom. The molecule has 2 heteroatoms. The van der Waals surface area contributed by atoms with E-state index >= 15 is 0 Å². The summed E-state index contributed by atoms with van der Waals surface area (Å²) >= 11 is 0. The monoisotopic (exact) mass is 264 g/mol. The van der Waals surface area contributed by atoms with Gasteiger partial charge < -0.3 is 9.84 Å². The molecule has 1 N–H and O–H groups in total. The molecular weight excluding hydrogens is 248 g/mol. The molecule has 0 aliphatic carbocycles. The first kappa shape index (κ1) is 12.7. The maximum absolute atomic E-state index is 10.5. The largest absolute Gasteiger partial charge is 0.496 e. The average molecular weight is 264 g/mol. The molecule has 0 saturated heterocycles. The van der Waals surface area contributed by atoms with Crippen LogP contribution < -0.4 is 4.74 Å².